The molecule has 2 rings (SSSR count). The summed E-state index contributed by atoms with van der Waals surface area (Å²) in [4.78, 5) is 21.6. The second-order valence-corrected chi connectivity index (χ2v) is 4.39. The molecule has 1 N–H and O–H groups in total. The van der Waals surface area contributed by atoms with Crippen LogP contribution in [0.1, 0.15) is 10.4 Å². The molecule has 2 aromatic carbocycles. The van der Waals surface area contributed by atoms with E-state index < -0.39 is 28.2 Å². The first kappa shape index (κ1) is 14.9. The van der Waals surface area contributed by atoms with E-state index in [9.17, 15) is 23.7 Å². The lowest BCUT2D eigenvalue weighted by molar-refractivity contribution is -0.387. The minimum absolute atomic E-state index is 0.178. The van der Waals surface area contributed by atoms with Gasteiger partial charge in [0.15, 0.2) is 5.82 Å². The van der Waals surface area contributed by atoms with Gasteiger partial charge < -0.3 is 5.32 Å². The van der Waals surface area contributed by atoms with E-state index in [1.54, 1.807) is 0 Å². The summed E-state index contributed by atoms with van der Waals surface area (Å²) in [7, 11) is 0. The van der Waals surface area contributed by atoms with Gasteiger partial charge in [0.1, 0.15) is 0 Å². The van der Waals surface area contributed by atoms with Crippen LogP contribution in [0.25, 0.3) is 0 Å². The summed E-state index contributed by atoms with van der Waals surface area (Å²) in [6.45, 7) is 0. The Morgan fingerprint density at radius 2 is 1.95 bits per heavy atom. The molecule has 0 aliphatic heterocycles. The zero-order valence-electron chi connectivity index (χ0n) is 10.3. The highest BCUT2D eigenvalue weighted by atomic mass is 35.5. The van der Waals surface area contributed by atoms with Crippen LogP contribution < -0.4 is 5.32 Å². The van der Waals surface area contributed by atoms with Gasteiger partial charge in [0.05, 0.1) is 15.6 Å². The minimum atomic E-state index is -1.06. The second-order valence-electron chi connectivity index (χ2n) is 3.98. The fourth-order valence-corrected chi connectivity index (χ4v) is 1.76. The number of hydrogen-bond donors (Lipinski definition) is 1. The van der Waals surface area contributed by atoms with Crippen LogP contribution in [0, 0.1) is 21.7 Å². The summed E-state index contributed by atoms with van der Waals surface area (Å²) in [6.07, 6.45) is 0. The molecule has 0 heterocycles. The van der Waals surface area contributed by atoms with E-state index in [1.165, 1.54) is 18.2 Å². The van der Waals surface area contributed by atoms with E-state index in [1.807, 2.05) is 0 Å². The van der Waals surface area contributed by atoms with Gasteiger partial charge in [-0.3, -0.25) is 14.9 Å². The van der Waals surface area contributed by atoms with Crippen LogP contribution in [0.3, 0.4) is 0 Å². The van der Waals surface area contributed by atoms with Gasteiger partial charge in [-0.25, -0.2) is 4.39 Å². The Hall–Kier alpha value is -2.54. The summed E-state index contributed by atoms with van der Waals surface area (Å²) in [5, 5.41) is 12.6. The highest BCUT2D eigenvalue weighted by Crippen LogP contribution is 2.23. The Labute approximate surface area is 122 Å². The second kappa shape index (κ2) is 5.84. The molecule has 0 aromatic heterocycles. The van der Waals surface area contributed by atoms with Crippen LogP contribution in [0.15, 0.2) is 36.4 Å². The molecule has 0 atom stereocenters. The van der Waals surface area contributed by atoms with Crippen LogP contribution in [0.5, 0.6) is 0 Å². The number of nitro groups is 1. The van der Waals surface area contributed by atoms with E-state index in [0.717, 1.165) is 18.2 Å². The van der Waals surface area contributed by atoms with E-state index in [4.69, 9.17) is 11.6 Å². The Balaban J connectivity index is 2.31. The molecule has 0 aliphatic carbocycles. The molecule has 21 heavy (non-hydrogen) atoms. The summed E-state index contributed by atoms with van der Waals surface area (Å²) in [5.41, 5.74) is -1.20. The zero-order chi connectivity index (χ0) is 15.6. The zero-order valence-corrected chi connectivity index (χ0v) is 11.0. The van der Waals surface area contributed by atoms with Crippen molar-refractivity contribution in [2.75, 3.05) is 5.32 Å². The van der Waals surface area contributed by atoms with E-state index in [2.05, 4.69) is 5.32 Å². The molecule has 5 nitrogen and oxygen atoms in total. The molecule has 8 heteroatoms. The maximum Gasteiger partial charge on any atom is 0.305 e. The first-order chi connectivity index (χ1) is 9.90. The number of nitro benzene ring substituents is 1. The average molecular weight is 313 g/mol. The van der Waals surface area contributed by atoms with E-state index >= 15 is 0 Å². The number of amides is 1. The molecule has 0 saturated carbocycles. The van der Waals surface area contributed by atoms with Gasteiger partial charge in [-0.15, -0.1) is 0 Å². The fourth-order valence-electron chi connectivity index (χ4n) is 1.59. The molecule has 0 radical (unpaired) electrons. The number of hydrogen-bond acceptors (Lipinski definition) is 3. The molecular formula is C13H7ClF2N2O3. The van der Waals surface area contributed by atoms with E-state index in [0.29, 0.717) is 0 Å². The lowest BCUT2D eigenvalue weighted by Crippen LogP contribution is -2.13. The number of anilines is 1. The Kier molecular flexibility index (Phi) is 4.13. The van der Waals surface area contributed by atoms with Crippen molar-refractivity contribution in [2.45, 2.75) is 0 Å². The van der Waals surface area contributed by atoms with Crippen molar-refractivity contribution in [3.05, 3.63) is 68.7 Å². The minimum Gasteiger partial charge on any atom is -0.319 e. The van der Waals surface area contributed by atoms with Gasteiger partial charge in [-0.1, -0.05) is 17.7 Å². The highest BCUT2D eigenvalue weighted by molar-refractivity contribution is 6.31. The molecule has 0 fully saturated rings. The summed E-state index contributed by atoms with van der Waals surface area (Å²) >= 11 is 5.57. The number of halogens is 3. The monoisotopic (exact) mass is 312 g/mol. The predicted molar refractivity (Wildman–Crippen MR) is 72.4 cm³/mol. The summed E-state index contributed by atoms with van der Waals surface area (Å²) < 4.78 is 26.8. The number of benzene rings is 2. The summed E-state index contributed by atoms with van der Waals surface area (Å²) in [5.74, 6) is -2.71. The van der Waals surface area contributed by atoms with Gasteiger partial charge >= 0.3 is 5.69 Å². The van der Waals surface area contributed by atoms with Gasteiger partial charge in [0.2, 0.25) is 5.82 Å². The van der Waals surface area contributed by atoms with Crippen molar-refractivity contribution in [1.82, 2.24) is 0 Å². The average Bonchev–Trinajstić information content (AvgIpc) is 2.44. The van der Waals surface area contributed by atoms with Crippen molar-refractivity contribution >= 4 is 28.9 Å². The lowest BCUT2D eigenvalue weighted by atomic mass is 10.1. The molecule has 108 valence electrons. The Morgan fingerprint density at radius 3 is 2.62 bits per heavy atom. The maximum absolute atomic E-state index is 13.6. The SMILES string of the molecule is O=C(Nc1cccc(Cl)c1F)c1ccc(F)c([N+](=O)[O-])c1. The molecular weight excluding hydrogens is 306 g/mol. The third-order valence-electron chi connectivity index (χ3n) is 2.60. The third kappa shape index (κ3) is 3.14. The molecule has 2 aromatic rings. The van der Waals surface area contributed by atoms with Crippen molar-refractivity contribution < 1.29 is 18.5 Å². The van der Waals surface area contributed by atoms with Crippen molar-refractivity contribution in [2.24, 2.45) is 0 Å². The molecule has 0 aliphatic rings. The van der Waals surface area contributed by atoms with Gasteiger partial charge in [0.25, 0.3) is 5.91 Å². The maximum atomic E-state index is 13.6. The normalized spacial score (nSPS) is 10.2. The third-order valence-corrected chi connectivity index (χ3v) is 2.90. The van der Waals surface area contributed by atoms with Crippen LogP contribution in [-0.4, -0.2) is 10.8 Å². The first-order valence-electron chi connectivity index (χ1n) is 5.59. The van der Waals surface area contributed by atoms with Crippen LogP contribution >= 0.6 is 11.6 Å². The molecule has 0 saturated heterocycles. The number of nitrogens with one attached hydrogen (secondary N) is 1. The Morgan fingerprint density at radius 1 is 1.24 bits per heavy atom. The quantitative estimate of drug-likeness (QED) is 0.692. The lowest BCUT2D eigenvalue weighted by Gasteiger charge is -2.07. The van der Waals surface area contributed by atoms with Crippen LogP contribution in [0.2, 0.25) is 5.02 Å². The van der Waals surface area contributed by atoms with Crippen molar-refractivity contribution in [3.8, 4) is 0 Å². The largest absolute Gasteiger partial charge is 0.319 e. The highest BCUT2D eigenvalue weighted by Gasteiger charge is 2.18. The molecule has 1 amide bonds. The first-order valence-corrected chi connectivity index (χ1v) is 5.97. The fraction of sp³-hybridized carbons (Fsp3) is 0. The van der Waals surface area contributed by atoms with Crippen molar-refractivity contribution in [1.29, 1.82) is 0 Å². The number of carbonyl (C=O) groups excluding carboxylic acids is 1. The number of carbonyl (C=O) groups is 1. The van der Waals surface area contributed by atoms with Gasteiger partial charge in [-0.2, -0.15) is 4.39 Å². The van der Waals surface area contributed by atoms with Gasteiger partial charge in [0, 0.05) is 11.6 Å². The number of nitrogens with zero attached hydrogens (tertiary/aromatic N) is 1. The van der Waals surface area contributed by atoms with Crippen LogP contribution in [0.4, 0.5) is 20.2 Å². The topological polar surface area (TPSA) is 72.2 Å². The predicted octanol–water partition coefficient (Wildman–Crippen LogP) is 3.78. The van der Waals surface area contributed by atoms with Crippen LogP contribution in [-0.2, 0) is 0 Å². The van der Waals surface area contributed by atoms with E-state index in [-0.39, 0.29) is 16.3 Å². The standard InChI is InChI=1S/C13H7ClF2N2O3/c14-8-2-1-3-10(12(8)16)17-13(19)7-4-5-9(15)11(6-7)18(20)21/h1-6H,(H,17,19). The molecule has 0 bridgehead atoms. The Bertz CT molecular complexity index is 737. The smallest absolute Gasteiger partial charge is 0.305 e. The molecule has 0 unspecified atom stereocenters. The van der Waals surface area contributed by atoms with Crippen molar-refractivity contribution in [3.63, 3.8) is 0 Å². The number of rotatable bonds is 3. The van der Waals surface area contributed by atoms with Gasteiger partial charge in [-0.05, 0) is 24.3 Å². The summed E-state index contributed by atoms with van der Waals surface area (Å²) in [6, 6.07) is 6.62. The molecule has 0 spiro atoms.